The summed E-state index contributed by atoms with van der Waals surface area (Å²) >= 11 is 0. The number of hydrogen-bond donors (Lipinski definition) is 3. The van der Waals surface area contributed by atoms with E-state index in [4.69, 9.17) is 10.8 Å². The summed E-state index contributed by atoms with van der Waals surface area (Å²) in [4.78, 5) is 26.4. The molecule has 2 amide bonds. The van der Waals surface area contributed by atoms with Crippen LogP contribution in [0.15, 0.2) is 6.33 Å². The van der Waals surface area contributed by atoms with E-state index in [1.807, 2.05) is 0 Å². The predicted octanol–water partition coefficient (Wildman–Crippen LogP) is -1.07. The standard InChI is InChI=1S/C9H12N4O3/c10-7(15)6-8-12-9(16)5(1-2-14)3-13(8)4-11-6/h4-5,14H,1-3H2,(H2,10,15)(H,12,16). The molecule has 1 aliphatic heterocycles. The lowest BCUT2D eigenvalue weighted by atomic mass is 10.0. The number of carbonyl (C=O) groups is 2. The molecule has 1 atom stereocenters. The molecule has 0 spiro atoms. The number of aliphatic hydroxyl groups is 1. The molecule has 16 heavy (non-hydrogen) atoms. The second-order valence-corrected chi connectivity index (χ2v) is 3.66. The third-order valence-corrected chi connectivity index (χ3v) is 2.58. The van der Waals surface area contributed by atoms with Crippen LogP contribution in [0.4, 0.5) is 5.82 Å². The number of rotatable bonds is 3. The van der Waals surface area contributed by atoms with Gasteiger partial charge in [0, 0.05) is 13.2 Å². The number of nitrogens with zero attached hydrogens (tertiary/aromatic N) is 2. The van der Waals surface area contributed by atoms with Crippen LogP contribution < -0.4 is 11.1 Å². The first-order valence-electron chi connectivity index (χ1n) is 4.90. The lowest BCUT2D eigenvalue weighted by Crippen LogP contribution is -2.34. The number of aromatic nitrogens is 2. The molecule has 0 saturated carbocycles. The van der Waals surface area contributed by atoms with Crippen LogP contribution >= 0.6 is 0 Å². The van der Waals surface area contributed by atoms with Crippen LogP contribution in [0, 0.1) is 5.92 Å². The van der Waals surface area contributed by atoms with Gasteiger partial charge in [0.05, 0.1) is 12.2 Å². The first-order chi connectivity index (χ1) is 7.63. The maximum Gasteiger partial charge on any atom is 0.271 e. The minimum absolute atomic E-state index is 0.0508. The molecule has 0 radical (unpaired) electrons. The first kappa shape index (κ1) is 10.6. The van der Waals surface area contributed by atoms with Crippen molar-refractivity contribution in [1.82, 2.24) is 9.55 Å². The number of aliphatic hydroxyl groups excluding tert-OH is 1. The topological polar surface area (TPSA) is 110 Å². The number of fused-ring (bicyclic) bond motifs is 1. The summed E-state index contributed by atoms with van der Waals surface area (Å²) in [6, 6.07) is 0. The zero-order chi connectivity index (χ0) is 11.7. The van der Waals surface area contributed by atoms with E-state index in [1.165, 1.54) is 6.33 Å². The molecule has 7 nitrogen and oxygen atoms in total. The Bertz CT molecular complexity index is 440. The number of hydrogen-bond acceptors (Lipinski definition) is 4. The number of amides is 2. The van der Waals surface area contributed by atoms with E-state index < -0.39 is 5.91 Å². The Hall–Kier alpha value is -1.89. The molecule has 86 valence electrons. The van der Waals surface area contributed by atoms with Gasteiger partial charge in [-0.25, -0.2) is 4.98 Å². The monoisotopic (exact) mass is 224 g/mol. The third-order valence-electron chi connectivity index (χ3n) is 2.58. The average Bonchev–Trinajstić information content (AvgIpc) is 2.61. The Kier molecular flexibility index (Phi) is 2.61. The van der Waals surface area contributed by atoms with Gasteiger partial charge in [0.25, 0.3) is 5.91 Å². The molecule has 1 aromatic rings. The zero-order valence-corrected chi connectivity index (χ0v) is 8.51. The minimum Gasteiger partial charge on any atom is -0.396 e. The summed E-state index contributed by atoms with van der Waals surface area (Å²) in [7, 11) is 0. The summed E-state index contributed by atoms with van der Waals surface area (Å²) in [5.41, 5.74) is 5.18. The number of imidazole rings is 1. The second-order valence-electron chi connectivity index (χ2n) is 3.66. The van der Waals surface area contributed by atoms with E-state index in [1.54, 1.807) is 4.57 Å². The summed E-state index contributed by atoms with van der Waals surface area (Å²) in [6.45, 7) is 0.354. The van der Waals surface area contributed by atoms with E-state index in [0.717, 1.165) is 0 Å². The zero-order valence-electron chi connectivity index (χ0n) is 8.51. The smallest absolute Gasteiger partial charge is 0.271 e. The van der Waals surface area contributed by atoms with Crippen molar-refractivity contribution in [2.75, 3.05) is 11.9 Å². The number of nitrogens with two attached hydrogens (primary N) is 1. The van der Waals surface area contributed by atoms with E-state index in [9.17, 15) is 9.59 Å². The van der Waals surface area contributed by atoms with Gasteiger partial charge in [-0.2, -0.15) is 0 Å². The van der Waals surface area contributed by atoms with Crippen LogP contribution in [-0.2, 0) is 11.3 Å². The van der Waals surface area contributed by atoms with Crippen LogP contribution in [-0.4, -0.2) is 33.1 Å². The predicted molar refractivity (Wildman–Crippen MR) is 54.6 cm³/mol. The lowest BCUT2D eigenvalue weighted by Gasteiger charge is -2.23. The Morgan fingerprint density at radius 2 is 2.50 bits per heavy atom. The van der Waals surface area contributed by atoms with Crippen molar-refractivity contribution in [2.45, 2.75) is 13.0 Å². The average molecular weight is 224 g/mol. The molecule has 7 heteroatoms. The van der Waals surface area contributed by atoms with Crippen LogP contribution in [0.1, 0.15) is 16.9 Å². The van der Waals surface area contributed by atoms with E-state index in [-0.39, 0.29) is 24.1 Å². The molecule has 1 aromatic heterocycles. The van der Waals surface area contributed by atoms with Gasteiger partial charge in [0.2, 0.25) is 5.91 Å². The summed E-state index contributed by atoms with van der Waals surface area (Å²) in [6.07, 6.45) is 1.84. The van der Waals surface area contributed by atoms with Crippen molar-refractivity contribution in [3.05, 3.63) is 12.0 Å². The molecule has 1 aliphatic rings. The summed E-state index contributed by atoms with van der Waals surface area (Å²) < 4.78 is 1.65. The maximum absolute atomic E-state index is 11.6. The molecule has 1 unspecified atom stereocenters. The summed E-state index contributed by atoms with van der Waals surface area (Å²) in [5.74, 6) is -0.849. The third kappa shape index (κ3) is 1.65. The van der Waals surface area contributed by atoms with Gasteiger partial charge in [0.15, 0.2) is 5.69 Å². The van der Waals surface area contributed by atoms with E-state index >= 15 is 0 Å². The fourth-order valence-electron chi connectivity index (χ4n) is 1.75. The Morgan fingerprint density at radius 3 is 3.12 bits per heavy atom. The first-order valence-corrected chi connectivity index (χ1v) is 4.90. The van der Waals surface area contributed by atoms with E-state index in [2.05, 4.69) is 10.3 Å². The number of carbonyl (C=O) groups excluding carboxylic acids is 2. The lowest BCUT2D eigenvalue weighted by molar-refractivity contribution is -0.121. The van der Waals surface area contributed by atoms with Gasteiger partial charge in [-0.05, 0) is 6.42 Å². The fraction of sp³-hybridized carbons (Fsp3) is 0.444. The highest BCUT2D eigenvalue weighted by Crippen LogP contribution is 2.23. The highest BCUT2D eigenvalue weighted by Gasteiger charge is 2.29. The van der Waals surface area contributed by atoms with Crippen molar-refractivity contribution in [3.8, 4) is 0 Å². The highest BCUT2D eigenvalue weighted by atomic mass is 16.3. The highest BCUT2D eigenvalue weighted by molar-refractivity contribution is 6.02. The van der Waals surface area contributed by atoms with Gasteiger partial charge in [0.1, 0.15) is 5.82 Å². The van der Waals surface area contributed by atoms with Gasteiger partial charge in [-0.3, -0.25) is 9.59 Å². The number of nitrogens with one attached hydrogen (secondary N) is 1. The summed E-state index contributed by atoms with van der Waals surface area (Å²) in [5, 5.41) is 11.4. The van der Waals surface area contributed by atoms with Gasteiger partial charge in [-0.15, -0.1) is 0 Å². The van der Waals surface area contributed by atoms with Crippen LogP contribution in [0.2, 0.25) is 0 Å². The Labute approximate surface area is 91.3 Å². The van der Waals surface area contributed by atoms with Crippen molar-refractivity contribution >= 4 is 17.6 Å². The maximum atomic E-state index is 11.6. The van der Waals surface area contributed by atoms with Crippen molar-refractivity contribution in [1.29, 1.82) is 0 Å². The van der Waals surface area contributed by atoms with Crippen molar-refractivity contribution in [2.24, 2.45) is 11.7 Å². The molecular weight excluding hydrogens is 212 g/mol. The molecule has 0 saturated heterocycles. The number of anilines is 1. The normalized spacial score (nSPS) is 19.1. The van der Waals surface area contributed by atoms with Gasteiger partial charge >= 0.3 is 0 Å². The number of primary amides is 1. The van der Waals surface area contributed by atoms with Crippen LogP contribution in [0.3, 0.4) is 0 Å². The SMILES string of the molecule is NC(=O)c1ncn2c1NC(=O)C(CCO)C2. The molecular formula is C9H12N4O3. The minimum atomic E-state index is -0.672. The van der Waals surface area contributed by atoms with E-state index in [0.29, 0.717) is 18.8 Å². The molecule has 4 N–H and O–H groups in total. The molecule has 0 aliphatic carbocycles. The Balaban J connectivity index is 2.29. The molecule has 0 aromatic carbocycles. The van der Waals surface area contributed by atoms with Gasteiger partial charge in [-0.1, -0.05) is 0 Å². The largest absolute Gasteiger partial charge is 0.396 e. The van der Waals surface area contributed by atoms with Crippen LogP contribution in [0.25, 0.3) is 0 Å². The quantitative estimate of drug-likeness (QED) is 0.607. The Morgan fingerprint density at radius 1 is 1.75 bits per heavy atom. The van der Waals surface area contributed by atoms with Crippen molar-refractivity contribution in [3.63, 3.8) is 0 Å². The molecule has 2 heterocycles. The fourth-order valence-corrected chi connectivity index (χ4v) is 1.75. The molecule has 0 bridgehead atoms. The molecule has 0 fully saturated rings. The van der Waals surface area contributed by atoms with Crippen molar-refractivity contribution < 1.29 is 14.7 Å². The van der Waals surface area contributed by atoms with Gasteiger partial charge < -0.3 is 20.7 Å². The molecule has 2 rings (SSSR count). The second kappa shape index (κ2) is 3.93. The van der Waals surface area contributed by atoms with Crippen LogP contribution in [0.5, 0.6) is 0 Å².